The molecular weight excluding hydrogens is 226 g/mol. The van der Waals surface area contributed by atoms with E-state index in [2.05, 4.69) is 15.6 Å². The smallest absolute Gasteiger partial charge is 0.140 e. The Morgan fingerprint density at radius 2 is 2.33 bits per heavy atom. The van der Waals surface area contributed by atoms with E-state index in [0.29, 0.717) is 0 Å². The Labute approximate surface area is 106 Å². The predicted octanol–water partition coefficient (Wildman–Crippen LogP) is 1.83. The molecule has 94 valence electrons. The first-order valence-corrected chi connectivity index (χ1v) is 6.22. The van der Waals surface area contributed by atoms with Crippen molar-refractivity contribution in [2.75, 3.05) is 7.11 Å². The van der Waals surface area contributed by atoms with Crippen molar-refractivity contribution in [1.82, 2.24) is 9.55 Å². The molecular formula is C14H17N3O. The van der Waals surface area contributed by atoms with Gasteiger partial charge in [0, 0.05) is 30.0 Å². The molecule has 0 radical (unpaired) electrons. The van der Waals surface area contributed by atoms with Gasteiger partial charge in [-0.3, -0.25) is 0 Å². The number of fused-ring (bicyclic) bond motifs is 1. The van der Waals surface area contributed by atoms with E-state index in [0.717, 1.165) is 36.5 Å². The Hall–Kier alpha value is -1.81. The molecule has 0 spiro atoms. The van der Waals surface area contributed by atoms with E-state index in [1.807, 2.05) is 24.4 Å². The number of nitrogens with zero attached hydrogens (tertiary/aromatic N) is 2. The minimum atomic E-state index is 0.232. The van der Waals surface area contributed by atoms with Gasteiger partial charge >= 0.3 is 0 Å². The second kappa shape index (κ2) is 4.46. The molecule has 1 aliphatic rings. The zero-order valence-corrected chi connectivity index (χ0v) is 10.5. The fourth-order valence-corrected chi connectivity index (χ4v) is 2.47. The maximum Gasteiger partial charge on any atom is 0.140 e. The average molecular weight is 243 g/mol. The number of hydrogen-bond donors (Lipinski definition) is 1. The Kier molecular flexibility index (Phi) is 2.80. The standard InChI is InChI=1S/C14H17N3O/c1-18-13-4-2-3-10(7-13)14-16-8-12-6-5-11(15)9-17(12)14/h2-4,7-8,11H,5-6,9,15H2,1H3. The summed E-state index contributed by atoms with van der Waals surface area (Å²) in [5.41, 5.74) is 8.39. The van der Waals surface area contributed by atoms with Gasteiger partial charge in [0.25, 0.3) is 0 Å². The van der Waals surface area contributed by atoms with Crippen LogP contribution in [0.2, 0.25) is 0 Å². The summed E-state index contributed by atoms with van der Waals surface area (Å²) < 4.78 is 7.48. The number of aryl methyl sites for hydroxylation is 1. The lowest BCUT2D eigenvalue weighted by Crippen LogP contribution is -2.31. The van der Waals surface area contributed by atoms with Crippen LogP contribution in [0.4, 0.5) is 0 Å². The number of hydrogen-bond acceptors (Lipinski definition) is 3. The van der Waals surface area contributed by atoms with Crippen molar-refractivity contribution < 1.29 is 4.74 Å². The highest BCUT2D eigenvalue weighted by molar-refractivity contribution is 5.58. The van der Waals surface area contributed by atoms with Crippen LogP contribution in [0.15, 0.2) is 30.5 Å². The molecule has 0 fully saturated rings. The van der Waals surface area contributed by atoms with Gasteiger partial charge in [0.1, 0.15) is 11.6 Å². The Morgan fingerprint density at radius 3 is 3.17 bits per heavy atom. The molecule has 0 aliphatic carbocycles. The van der Waals surface area contributed by atoms with Crippen molar-refractivity contribution in [3.63, 3.8) is 0 Å². The van der Waals surface area contributed by atoms with Crippen molar-refractivity contribution >= 4 is 0 Å². The first-order valence-electron chi connectivity index (χ1n) is 6.22. The molecule has 2 N–H and O–H groups in total. The van der Waals surface area contributed by atoms with Crippen molar-refractivity contribution in [3.8, 4) is 17.1 Å². The number of rotatable bonds is 2. The minimum Gasteiger partial charge on any atom is -0.497 e. The molecule has 1 aliphatic heterocycles. The number of nitrogens with two attached hydrogens (primary N) is 1. The number of ether oxygens (including phenoxy) is 1. The van der Waals surface area contributed by atoms with Crippen LogP contribution in [0, 0.1) is 0 Å². The van der Waals surface area contributed by atoms with Gasteiger partial charge in [-0.15, -0.1) is 0 Å². The summed E-state index contributed by atoms with van der Waals surface area (Å²) in [6.45, 7) is 0.849. The Balaban J connectivity index is 2.04. The second-order valence-corrected chi connectivity index (χ2v) is 4.71. The second-order valence-electron chi connectivity index (χ2n) is 4.71. The topological polar surface area (TPSA) is 53.1 Å². The van der Waals surface area contributed by atoms with Gasteiger partial charge in [-0.05, 0) is 25.0 Å². The van der Waals surface area contributed by atoms with Crippen LogP contribution in [0.5, 0.6) is 5.75 Å². The summed E-state index contributed by atoms with van der Waals surface area (Å²) in [5, 5.41) is 0. The van der Waals surface area contributed by atoms with Gasteiger partial charge in [0.15, 0.2) is 0 Å². The number of imidazole rings is 1. The van der Waals surface area contributed by atoms with Gasteiger partial charge in [0.2, 0.25) is 0 Å². The van der Waals surface area contributed by atoms with Crippen molar-refractivity contribution in [3.05, 3.63) is 36.2 Å². The zero-order chi connectivity index (χ0) is 12.5. The van der Waals surface area contributed by atoms with Crippen LogP contribution in [0.3, 0.4) is 0 Å². The van der Waals surface area contributed by atoms with Gasteiger partial charge in [-0.2, -0.15) is 0 Å². The monoisotopic (exact) mass is 243 g/mol. The van der Waals surface area contributed by atoms with E-state index in [4.69, 9.17) is 10.5 Å². The molecule has 1 aromatic carbocycles. The van der Waals surface area contributed by atoms with Crippen LogP contribution < -0.4 is 10.5 Å². The summed E-state index contributed by atoms with van der Waals surface area (Å²) in [7, 11) is 1.68. The maximum absolute atomic E-state index is 6.04. The summed E-state index contributed by atoms with van der Waals surface area (Å²) in [6.07, 6.45) is 4.02. The van der Waals surface area contributed by atoms with Gasteiger partial charge < -0.3 is 15.0 Å². The van der Waals surface area contributed by atoms with E-state index >= 15 is 0 Å². The number of benzene rings is 1. The SMILES string of the molecule is COc1cccc(-c2ncc3n2CC(N)CC3)c1. The van der Waals surface area contributed by atoms with E-state index < -0.39 is 0 Å². The van der Waals surface area contributed by atoms with Crippen molar-refractivity contribution in [1.29, 1.82) is 0 Å². The van der Waals surface area contributed by atoms with Crippen LogP contribution in [0.1, 0.15) is 12.1 Å². The third-order valence-electron chi connectivity index (χ3n) is 3.45. The quantitative estimate of drug-likeness (QED) is 0.875. The molecule has 1 aromatic heterocycles. The Bertz CT molecular complexity index is 562. The zero-order valence-electron chi connectivity index (χ0n) is 10.5. The number of aromatic nitrogens is 2. The molecule has 0 bridgehead atoms. The summed E-state index contributed by atoms with van der Waals surface area (Å²) in [5.74, 6) is 1.84. The molecule has 0 saturated carbocycles. The summed E-state index contributed by atoms with van der Waals surface area (Å²) in [6, 6.07) is 8.22. The third kappa shape index (κ3) is 1.88. The van der Waals surface area contributed by atoms with Crippen LogP contribution in [-0.2, 0) is 13.0 Å². The first kappa shape index (κ1) is 11.3. The van der Waals surface area contributed by atoms with Gasteiger partial charge in [-0.25, -0.2) is 4.98 Å². The molecule has 4 nitrogen and oxygen atoms in total. The molecule has 0 amide bonds. The molecule has 1 unspecified atom stereocenters. The lowest BCUT2D eigenvalue weighted by Gasteiger charge is -2.22. The van der Waals surface area contributed by atoms with Crippen molar-refractivity contribution in [2.45, 2.75) is 25.4 Å². The number of methoxy groups -OCH3 is 1. The normalized spacial score (nSPS) is 18.4. The maximum atomic E-state index is 6.04. The van der Waals surface area contributed by atoms with E-state index in [9.17, 15) is 0 Å². The van der Waals surface area contributed by atoms with E-state index in [1.165, 1.54) is 5.69 Å². The van der Waals surface area contributed by atoms with Crippen LogP contribution in [-0.4, -0.2) is 22.7 Å². The lowest BCUT2D eigenvalue weighted by molar-refractivity contribution is 0.415. The Morgan fingerprint density at radius 1 is 1.44 bits per heavy atom. The highest BCUT2D eigenvalue weighted by atomic mass is 16.5. The van der Waals surface area contributed by atoms with Gasteiger partial charge in [-0.1, -0.05) is 12.1 Å². The molecule has 0 saturated heterocycles. The fraction of sp³-hybridized carbons (Fsp3) is 0.357. The first-order chi connectivity index (χ1) is 8.78. The molecule has 4 heteroatoms. The minimum absolute atomic E-state index is 0.232. The van der Waals surface area contributed by atoms with E-state index in [-0.39, 0.29) is 6.04 Å². The highest BCUT2D eigenvalue weighted by Gasteiger charge is 2.19. The fourth-order valence-electron chi connectivity index (χ4n) is 2.47. The van der Waals surface area contributed by atoms with Crippen molar-refractivity contribution in [2.24, 2.45) is 5.73 Å². The van der Waals surface area contributed by atoms with Crippen LogP contribution in [0.25, 0.3) is 11.4 Å². The third-order valence-corrected chi connectivity index (χ3v) is 3.45. The van der Waals surface area contributed by atoms with Crippen LogP contribution >= 0.6 is 0 Å². The summed E-state index contributed by atoms with van der Waals surface area (Å²) in [4.78, 5) is 4.53. The van der Waals surface area contributed by atoms with Gasteiger partial charge in [0.05, 0.1) is 7.11 Å². The molecule has 1 atom stereocenters. The molecule has 2 heterocycles. The molecule has 3 rings (SSSR count). The van der Waals surface area contributed by atoms with E-state index in [1.54, 1.807) is 7.11 Å². The average Bonchev–Trinajstić information content (AvgIpc) is 2.81. The largest absolute Gasteiger partial charge is 0.497 e. The predicted molar refractivity (Wildman–Crippen MR) is 70.5 cm³/mol. The summed E-state index contributed by atoms with van der Waals surface area (Å²) >= 11 is 0. The lowest BCUT2D eigenvalue weighted by atomic mass is 10.1. The molecule has 2 aromatic rings. The highest BCUT2D eigenvalue weighted by Crippen LogP contribution is 2.26. The molecule has 18 heavy (non-hydrogen) atoms.